The van der Waals surface area contributed by atoms with Crippen molar-refractivity contribution in [1.82, 2.24) is 30.7 Å². The first kappa shape index (κ1) is 15.9. The third kappa shape index (κ3) is 3.51. The minimum absolute atomic E-state index is 0.259. The number of aromatic nitrogens is 5. The van der Waals surface area contributed by atoms with Crippen LogP contribution in [0.25, 0.3) is 0 Å². The van der Waals surface area contributed by atoms with Gasteiger partial charge in [-0.05, 0) is 25.0 Å². The van der Waals surface area contributed by atoms with Crippen molar-refractivity contribution < 1.29 is 4.79 Å². The molecule has 0 radical (unpaired) electrons. The van der Waals surface area contributed by atoms with Crippen molar-refractivity contribution in [2.45, 2.75) is 32.7 Å². The second-order valence-corrected chi connectivity index (χ2v) is 5.62. The van der Waals surface area contributed by atoms with Crippen LogP contribution in [-0.4, -0.2) is 31.3 Å². The van der Waals surface area contributed by atoms with Gasteiger partial charge in [0.05, 0.1) is 0 Å². The first-order chi connectivity index (χ1) is 11.7. The molecule has 2 heterocycles. The van der Waals surface area contributed by atoms with Gasteiger partial charge in [-0.3, -0.25) is 15.0 Å². The van der Waals surface area contributed by atoms with Gasteiger partial charge in [-0.1, -0.05) is 43.7 Å². The van der Waals surface area contributed by atoms with Crippen molar-refractivity contribution in [1.29, 1.82) is 0 Å². The van der Waals surface area contributed by atoms with E-state index >= 15 is 0 Å². The molecule has 3 rings (SSSR count). The van der Waals surface area contributed by atoms with Crippen molar-refractivity contribution in [3.63, 3.8) is 0 Å². The second-order valence-electron chi connectivity index (χ2n) is 5.62. The Kier molecular flexibility index (Phi) is 4.69. The first-order valence-electron chi connectivity index (χ1n) is 7.96. The zero-order valence-electron chi connectivity index (χ0n) is 13.7. The summed E-state index contributed by atoms with van der Waals surface area (Å²) in [6, 6.07) is 11.0. The number of carbonyl (C=O) groups is 1. The number of rotatable bonds is 6. The molecule has 1 aromatic carbocycles. The molecular weight excluding hydrogens is 304 g/mol. The van der Waals surface area contributed by atoms with Gasteiger partial charge >= 0.3 is 0 Å². The number of benzene rings is 1. The lowest BCUT2D eigenvalue weighted by Crippen LogP contribution is -2.30. The number of hydrogen-bond donors (Lipinski definition) is 3. The summed E-state index contributed by atoms with van der Waals surface area (Å²) in [4.78, 5) is 16.9. The molecule has 0 saturated heterocycles. The first-order valence-corrected chi connectivity index (χ1v) is 7.96. The number of hydrogen-bond acceptors (Lipinski definition) is 4. The van der Waals surface area contributed by atoms with Crippen molar-refractivity contribution >= 4 is 5.91 Å². The normalized spacial score (nSPS) is 12.1. The zero-order valence-corrected chi connectivity index (χ0v) is 13.7. The van der Waals surface area contributed by atoms with E-state index in [-0.39, 0.29) is 5.91 Å². The number of amides is 1. The molecule has 0 bridgehead atoms. The summed E-state index contributed by atoms with van der Waals surface area (Å²) in [6.45, 7) is 3.91. The highest BCUT2D eigenvalue weighted by Gasteiger charge is 2.22. The summed E-state index contributed by atoms with van der Waals surface area (Å²) in [6.07, 6.45) is 1.86. The van der Waals surface area contributed by atoms with Gasteiger partial charge in [-0.2, -0.15) is 10.2 Å². The largest absolute Gasteiger partial charge is 0.336 e. The van der Waals surface area contributed by atoms with Crippen LogP contribution >= 0.6 is 0 Å². The van der Waals surface area contributed by atoms with Crippen LogP contribution in [0.2, 0.25) is 0 Å². The van der Waals surface area contributed by atoms with E-state index in [1.807, 2.05) is 37.3 Å². The van der Waals surface area contributed by atoms with Gasteiger partial charge in [-0.25, -0.2) is 4.98 Å². The average molecular weight is 324 g/mol. The number of aryl methyl sites for hydroxylation is 2. The lowest BCUT2D eigenvalue weighted by Gasteiger charge is -2.15. The molecule has 124 valence electrons. The molecule has 3 N–H and O–H groups in total. The number of carbonyl (C=O) groups excluding carboxylic acids is 1. The van der Waals surface area contributed by atoms with Crippen LogP contribution in [0.5, 0.6) is 0 Å². The SMILES string of the molecule is CCCc1cc(C(=O)NC(c2ccccc2)c2n[nH]c(C)n2)n[nH]1. The van der Waals surface area contributed by atoms with E-state index in [0.717, 1.165) is 24.1 Å². The maximum atomic E-state index is 12.6. The molecule has 1 unspecified atom stereocenters. The summed E-state index contributed by atoms with van der Waals surface area (Å²) in [5.74, 6) is 0.964. The number of H-pyrrole nitrogens is 2. The second kappa shape index (κ2) is 7.08. The Balaban J connectivity index is 1.84. The van der Waals surface area contributed by atoms with Gasteiger partial charge in [-0.15, -0.1) is 0 Å². The topological polar surface area (TPSA) is 99.3 Å². The molecule has 0 saturated carbocycles. The third-order valence-corrected chi connectivity index (χ3v) is 3.66. The Bertz CT molecular complexity index is 807. The summed E-state index contributed by atoms with van der Waals surface area (Å²) in [7, 11) is 0. The maximum Gasteiger partial charge on any atom is 0.272 e. The summed E-state index contributed by atoms with van der Waals surface area (Å²) in [5, 5.41) is 17.0. The number of nitrogens with one attached hydrogen (secondary N) is 3. The molecule has 7 heteroatoms. The smallest absolute Gasteiger partial charge is 0.272 e. The van der Waals surface area contributed by atoms with Gasteiger partial charge in [0.15, 0.2) is 5.82 Å². The fourth-order valence-electron chi connectivity index (χ4n) is 2.51. The molecule has 7 nitrogen and oxygen atoms in total. The van der Waals surface area contributed by atoms with E-state index < -0.39 is 6.04 Å². The van der Waals surface area contributed by atoms with Gasteiger partial charge in [0, 0.05) is 5.69 Å². The van der Waals surface area contributed by atoms with Crippen LogP contribution in [0.4, 0.5) is 0 Å². The fourth-order valence-corrected chi connectivity index (χ4v) is 2.51. The van der Waals surface area contributed by atoms with Crippen molar-refractivity contribution in [3.05, 3.63) is 65.0 Å². The van der Waals surface area contributed by atoms with E-state index in [1.54, 1.807) is 6.07 Å². The minimum atomic E-state index is -0.435. The zero-order chi connectivity index (χ0) is 16.9. The Morgan fingerprint density at radius 3 is 2.67 bits per heavy atom. The van der Waals surface area contributed by atoms with Crippen molar-refractivity contribution in [2.75, 3.05) is 0 Å². The third-order valence-electron chi connectivity index (χ3n) is 3.66. The Morgan fingerprint density at radius 1 is 1.21 bits per heavy atom. The summed E-state index contributed by atoms with van der Waals surface area (Å²) < 4.78 is 0. The lowest BCUT2D eigenvalue weighted by atomic mass is 10.1. The van der Waals surface area contributed by atoms with Gasteiger partial charge < -0.3 is 5.32 Å². The molecule has 3 aromatic rings. The minimum Gasteiger partial charge on any atom is -0.336 e. The highest BCUT2D eigenvalue weighted by molar-refractivity contribution is 5.92. The van der Waals surface area contributed by atoms with Crippen LogP contribution < -0.4 is 5.32 Å². The van der Waals surface area contributed by atoms with Gasteiger partial charge in [0.1, 0.15) is 17.6 Å². The standard InChI is InChI=1S/C17H20N6O/c1-3-7-13-10-14(22-21-13)17(24)19-15(12-8-5-4-6-9-12)16-18-11(2)20-23-16/h4-6,8-10,15H,3,7H2,1-2H3,(H,19,24)(H,21,22)(H,18,20,23). The molecule has 1 amide bonds. The number of nitrogens with zero attached hydrogens (tertiary/aromatic N) is 3. The Labute approximate surface area is 139 Å². The fraction of sp³-hybridized carbons (Fsp3) is 0.294. The summed E-state index contributed by atoms with van der Waals surface area (Å²) in [5.41, 5.74) is 2.23. The van der Waals surface area contributed by atoms with Crippen LogP contribution in [0.1, 0.15) is 52.8 Å². The molecule has 1 atom stereocenters. The van der Waals surface area contributed by atoms with Crippen LogP contribution in [-0.2, 0) is 6.42 Å². The maximum absolute atomic E-state index is 12.6. The van der Waals surface area contributed by atoms with E-state index in [2.05, 4.69) is 37.6 Å². The molecule has 0 aliphatic rings. The van der Waals surface area contributed by atoms with Crippen molar-refractivity contribution in [3.8, 4) is 0 Å². The van der Waals surface area contributed by atoms with E-state index in [4.69, 9.17) is 0 Å². The molecular formula is C17H20N6O. The molecule has 24 heavy (non-hydrogen) atoms. The van der Waals surface area contributed by atoms with E-state index in [0.29, 0.717) is 17.3 Å². The van der Waals surface area contributed by atoms with Crippen LogP contribution in [0.3, 0.4) is 0 Å². The lowest BCUT2D eigenvalue weighted by molar-refractivity contribution is 0.0936. The summed E-state index contributed by atoms with van der Waals surface area (Å²) >= 11 is 0. The number of aromatic amines is 2. The van der Waals surface area contributed by atoms with Crippen LogP contribution in [0.15, 0.2) is 36.4 Å². The average Bonchev–Trinajstić information content (AvgIpc) is 3.23. The van der Waals surface area contributed by atoms with E-state index in [1.165, 1.54) is 0 Å². The van der Waals surface area contributed by atoms with Crippen LogP contribution in [0, 0.1) is 6.92 Å². The predicted octanol–water partition coefficient (Wildman–Crippen LogP) is 2.31. The quantitative estimate of drug-likeness (QED) is 0.648. The Morgan fingerprint density at radius 2 is 2.00 bits per heavy atom. The van der Waals surface area contributed by atoms with Gasteiger partial charge in [0.2, 0.25) is 0 Å². The Hall–Kier alpha value is -2.96. The molecule has 0 spiro atoms. The molecule has 2 aromatic heterocycles. The van der Waals surface area contributed by atoms with Gasteiger partial charge in [0.25, 0.3) is 5.91 Å². The molecule has 0 aliphatic heterocycles. The highest BCUT2D eigenvalue weighted by atomic mass is 16.2. The highest BCUT2D eigenvalue weighted by Crippen LogP contribution is 2.19. The van der Waals surface area contributed by atoms with Crippen molar-refractivity contribution in [2.24, 2.45) is 0 Å². The monoisotopic (exact) mass is 324 g/mol. The van der Waals surface area contributed by atoms with E-state index in [9.17, 15) is 4.79 Å². The predicted molar refractivity (Wildman–Crippen MR) is 89.5 cm³/mol. The molecule has 0 aliphatic carbocycles. The molecule has 0 fully saturated rings.